The van der Waals surface area contributed by atoms with Gasteiger partial charge in [-0.3, -0.25) is 19.2 Å². The largest absolute Gasteiger partial charge is 0.462 e. The zero-order chi connectivity index (χ0) is 45.2. The first-order valence-corrected chi connectivity index (χ1v) is 27.4. The van der Waals surface area contributed by atoms with Crippen molar-refractivity contribution in [1.29, 1.82) is 0 Å². The summed E-state index contributed by atoms with van der Waals surface area (Å²) >= 11 is 0. The van der Waals surface area contributed by atoms with Crippen LogP contribution in [0.2, 0.25) is 0 Å². The molecule has 0 rings (SSSR count). The first-order chi connectivity index (χ1) is 30.4. The van der Waals surface area contributed by atoms with Gasteiger partial charge in [0.25, 0.3) is 0 Å². The van der Waals surface area contributed by atoms with Gasteiger partial charge in [-0.1, -0.05) is 245 Å². The summed E-state index contributed by atoms with van der Waals surface area (Å²) in [5.74, 6) is -0.479. The van der Waals surface area contributed by atoms with Crippen molar-refractivity contribution in [2.24, 2.45) is 0 Å². The van der Waals surface area contributed by atoms with Gasteiger partial charge in [0.2, 0.25) is 0 Å². The Morgan fingerprint density at radius 3 is 0.758 bits per heavy atom. The van der Waals surface area contributed by atoms with Gasteiger partial charge >= 0.3 is 17.9 Å². The maximum Gasteiger partial charge on any atom is 0.306 e. The van der Waals surface area contributed by atoms with Gasteiger partial charge in [-0.15, -0.1) is 0 Å². The van der Waals surface area contributed by atoms with Crippen molar-refractivity contribution in [2.75, 3.05) is 13.2 Å². The van der Waals surface area contributed by atoms with E-state index in [4.69, 9.17) is 14.2 Å². The molecular weight excluding hydrogens is 773 g/mol. The van der Waals surface area contributed by atoms with Crippen molar-refractivity contribution in [3.8, 4) is 0 Å². The molecule has 0 heterocycles. The summed E-state index contributed by atoms with van der Waals surface area (Å²) in [6.07, 6.45) is 50.1. The molecule has 0 radical (unpaired) electrons. The van der Waals surface area contributed by atoms with Crippen LogP contribution in [0.4, 0.5) is 0 Å². The van der Waals surface area contributed by atoms with Crippen LogP contribution in [-0.4, -0.2) is 43.0 Å². The van der Waals surface area contributed by atoms with E-state index in [-0.39, 0.29) is 31.1 Å². The maximum atomic E-state index is 12.8. The van der Waals surface area contributed by atoms with Crippen molar-refractivity contribution in [2.45, 2.75) is 316 Å². The zero-order valence-corrected chi connectivity index (χ0v) is 41.7. The van der Waals surface area contributed by atoms with Crippen molar-refractivity contribution in [1.82, 2.24) is 0 Å². The quantitative estimate of drug-likeness (QED) is 0.0341. The summed E-state index contributed by atoms with van der Waals surface area (Å²) in [7, 11) is 0. The molecule has 0 fully saturated rings. The normalized spacial score (nSPS) is 11.8. The van der Waals surface area contributed by atoms with Crippen LogP contribution in [0.25, 0.3) is 0 Å². The fraction of sp³-hybridized carbons (Fsp3) is 0.927. The van der Waals surface area contributed by atoms with Gasteiger partial charge in [0.05, 0.1) is 0 Å². The van der Waals surface area contributed by atoms with Crippen molar-refractivity contribution < 1.29 is 33.4 Å². The van der Waals surface area contributed by atoms with Crippen LogP contribution < -0.4 is 0 Å². The molecule has 0 spiro atoms. The molecule has 0 saturated carbocycles. The smallest absolute Gasteiger partial charge is 0.306 e. The number of hydrogen-bond acceptors (Lipinski definition) is 7. The van der Waals surface area contributed by atoms with Crippen LogP contribution in [0.5, 0.6) is 0 Å². The Bertz CT molecular complexity index is 981. The highest BCUT2D eigenvalue weighted by molar-refractivity contribution is 5.78. The van der Waals surface area contributed by atoms with E-state index >= 15 is 0 Å². The fourth-order valence-electron chi connectivity index (χ4n) is 8.33. The number of rotatable bonds is 51. The lowest BCUT2D eigenvalue weighted by molar-refractivity contribution is -0.167. The number of carbonyl (C=O) groups excluding carboxylic acids is 4. The molecule has 0 saturated heterocycles. The molecule has 0 N–H and O–H groups in total. The summed E-state index contributed by atoms with van der Waals surface area (Å²) in [6, 6.07) is 0. The van der Waals surface area contributed by atoms with Crippen molar-refractivity contribution in [3.63, 3.8) is 0 Å². The number of carbonyl (C=O) groups is 4. The minimum absolute atomic E-state index is 0.0835. The minimum Gasteiger partial charge on any atom is -0.462 e. The molecule has 0 bridgehead atoms. The summed E-state index contributed by atoms with van der Waals surface area (Å²) < 4.78 is 16.8. The maximum absolute atomic E-state index is 12.8. The molecule has 366 valence electrons. The Morgan fingerprint density at radius 1 is 0.274 bits per heavy atom. The second-order valence-corrected chi connectivity index (χ2v) is 18.8. The standard InChI is InChI=1S/C55H104O7/c1-4-7-10-13-15-17-19-21-22-24-26-28-33-37-42-47-54(58)61-50-52(49-60-53(57)46-41-36-32-27-25-23-20-18-16-14-11-8-5-2)62-55(59)48-43-38-34-30-29-31-35-40-45-51(56)44-39-12-9-6-3/h52H,4-50H2,1-3H3. The monoisotopic (exact) mass is 877 g/mol. The highest BCUT2D eigenvalue weighted by Gasteiger charge is 2.19. The lowest BCUT2D eigenvalue weighted by atomic mass is 10.0. The Morgan fingerprint density at radius 2 is 0.484 bits per heavy atom. The second kappa shape index (κ2) is 50.1. The molecule has 1 unspecified atom stereocenters. The lowest BCUT2D eigenvalue weighted by Gasteiger charge is -2.18. The van der Waals surface area contributed by atoms with E-state index < -0.39 is 6.10 Å². The summed E-state index contributed by atoms with van der Waals surface area (Å²) in [4.78, 5) is 50.1. The van der Waals surface area contributed by atoms with Crippen molar-refractivity contribution in [3.05, 3.63) is 0 Å². The summed E-state index contributed by atoms with van der Waals surface area (Å²) in [5.41, 5.74) is 0. The molecule has 0 amide bonds. The third-order valence-electron chi connectivity index (χ3n) is 12.5. The van der Waals surface area contributed by atoms with E-state index in [0.29, 0.717) is 25.0 Å². The third-order valence-corrected chi connectivity index (χ3v) is 12.5. The molecule has 1 atom stereocenters. The predicted octanol–water partition coefficient (Wildman–Crippen LogP) is 17.2. The number of esters is 3. The Hall–Kier alpha value is -1.92. The molecule has 0 aromatic heterocycles. The van der Waals surface area contributed by atoms with Crippen LogP contribution in [0.3, 0.4) is 0 Å². The van der Waals surface area contributed by atoms with E-state index in [1.807, 2.05) is 0 Å². The van der Waals surface area contributed by atoms with Gasteiger partial charge in [-0.25, -0.2) is 0 Å². The average molecular weight is 877 g/mol. The van der Waals surface area contributed by atoms with Crippen molar-refractivity contribution >= 4 is 23.7 Å². The summed E-state index contributed by atoms with van der Waals surface area (Å²) in [6.45, 7) is 6.56. The van der Waals surface area contributed by atoms with Crippen LogP contribution in [-0.2, 0) is 33.4 Å². The molecule has 0 aromatic rings. The van der Waals surface area contributed by atoms with Crippen LogP contribution in [0.15, 0.2) is 0 Å². The van der Waals surface area contributed by atoms with Crippen LogP contribution in [0, 0.1) is 0 Å². The molecule has 0 aliphatic carbocycles. The molecule has 0 aromatic carbocycles. The second-order valence-electron chi connectivity index (χ2n) is 18.8. The van der Waals surface area contributed by atoms with E-state index in [9.17, 15) is 19.2 Å². The van der Waals surface area contributed by atoms with Crippen LogP contribution >= 0.6 is 0 Å². The Balaban J connectivity index is 4.34. The molecule has 62 heavy (non-hydrogen) atoms. The van der Waals surface area contributed by atoms with E-state index in [1.54, 1.807) is 0 Å². The van der Waals surface area contributed by atoms with Gasteiger partial charge in [0.15, 0.2) is 6.10 Å². The van der Waals surface area contributed by atoms with Gasteiger partial charge < -0.3 is 14.2 Å². The topological polar surface area (TPSA) is 96.0 Å². The van der Waals surface area contributed by atoms with Gasteiger partial charge in [0.1, 0.15) is 19.0 Å². The van der Waals surface area contributed by atoms with Gasteiger partial charge in [-0.05, 0) is 32.1 Å². The first kappa shape index (κ1) is 60.1. The Kier molecular flexibility index (Phi) is 48.5. The van der Waals surface area contributed by atoms with Gasteiger partial charge in [0, 0.05) is 32.1 Å². The molecule has 7 heteroatoms. The van der Waals surface area contributed by atoms with Crippen LogP contribution in [0.1, 0.15) is 310 Å². The molecular formula is C55H104O7. The zero-order valence-electron chi connectivity index (χ0n) is 41.7. The highest BCUT2D eigenvalue weighted by Crippen LogP contribution is 2.17. The first-order valence-electron chi connectivity index (χ1n) is 27.4. The molecule has 0 aliphatic rings. The number of unbranched alkanes of at least 4 members (excludes halogenated alkanes) is 36. The van der Waals surface area contributed by atoms with E-state index in [2.05, 4.69) is 20.8 Å². The third kappa shape index (κ3) is 47.6. The number of hydrogen-bond donors (Lipinski definition) is 0. The number of Topliss-reactive ketones (excluding diaryl/α,β-unsaturated/α-hetero) is 1. The van der Waals surface area contributed by atoms with E-state index in [0.717, 1.165) is 109 Å². The summed E-state index contributed by atoms with van der Waals surface area (Å²) in [5, 5.41) is 0. The fourth-order valence-corrected chi connectivity index (χ4v) is 8.33. The lowest BCUT2D eigenvalue weighted by Crippen LogP contribution is -2.30. The van der Waals surface area contributed by atoms with E-state index in [1.165, 1.54) is 161 Å². The predicted molar refractivity (Wildman–Crippen MR) is 262 cm³/mol. The average Bonchev–Trinajstić information content (AvgIpc) is 3.26. The highest BCUT2D eigenvalue weighted by atomic mass is 16.6. The van der Waals surface area contributed by atoms with Gasteiger partial charge in [-0.2, -0.15) is 0 Å². The number of ketones is 1. The minimum atomic E-state index is -0.786. The molecule has 0 aliphatic heterocycles. The number of ether oxygens (including phenoxy) is 3. The Labute approximate surface area is 384 Å². The molecule has 7 nitrogen and oxygen atoms in total. The SMILES string of the molecule is CCCCCCCCCCCCCCCCCC(=O)OCC(COC(=O)CCCCCCCCCCCCCCC)OC(=O)CCCCCCCCCCC(=O)CCCCCC.